The van der Waals surface area contributed by atoms with Gasteiger partial charge in [-0.1, -0.05) is 25.9 Å². The number of sulfone groups is 1. The molecular formula is C11H19N3O4S. The van der Waals surface area contributed by atoms with Gasteiger partial charge in [0.1, 0.15) is 6.04 Å². The number of hydrogen-bond acceptors (Lipinski definition) is 6. The number of hydrogen-bond donors (Lipinski definition) is 1. The molecule has 0 aliphatic heterocycles. The Balaban J connectivity index is 2.94. The molecule has 1 aromatic heterocycles. The summed E-state index contributed by atoms with van der Waals surface area (Å²) in [5.74, 6) is -0.00569. The predicted molar refractivity (Wildman–Crippen MR) is 68.0 cm³/mol. The van der Waals surface area contributed by atoms with E-state index in [9.17, 15) is 13.2 Å². The van der Waals surface area contributed by atoms with E-state index in [1.165, 1.54) is 0 Å². The van der Waals surface area contributed by atoms with Crippen LogP contribution >= 0.6 is 0 Å². The summed E-state index contributed by atoms with van der Waals surface area (Å²) in [6.07, 6.45) is 2.12. The van der Waals surface area contributed by atoms with Crippen LogP contribution in [-0.4, -0.2) is 30.8 Å². The first kappa shape index (κ1) is 15.6. The van der Waals surface area contributed by atoms with Crippen molar-refractivity contribution in [3.8, 4) is 0 Å². The molecule has 108 valence electrons. The molecule has 1 aromatic rings. The molecule has 19 heavy (non-hydrogen) atoms. The zero-order valence-corrected chi connectivity index (χ0v) is 12.3. The van der Waals surface area contributed by atoms with Crippen molar-refractivity contribution in [3.05, 3.63) is 5.89 Å². The van der Waals surface area contributed by atoms with E-state index in [0.717, 1.165) is 12.7 Å². The molecule has 0 saturated heterocycles. The highest BCUT2D eigenvalue weighted by Crippen LogP contribution is 2.22. The van der Waals surface area contributed by atoms with Gasteiger partial charge in [0.05, 0.1) is 0 Å². The summed E-state index contributed by atoms with van der Waals surface area (Å²) in [4.78, 5) is 11.6. The zero-order valence-electron chi connectivity index (χ0n) is 11.5. The lowest BCUT2D eigenvalue weighted by Gasteiger charge is -2.18. The van der Waals surface area contributed by atoms with Crippen LogP contribution in [0.1, 0.15) is 45.5 Å². The van der Waals surface area contributed by atoms with Crippen molar-refractivity contribution in [2.45, 2.75) is 44.9 Å². The third-order valence-corrected chi connectivity index (χ3v) is 3.26. The summed E-state index contributed by atoms with van der Waals surface area (Å²) in [6.45, 7) is 5.65. The maximum Gasteiger partial charge on any atom is 0.335 e. The quantitative estimate of drug-likeness (QED) is 0.841. The van der Waals surface area contributed by atoms with Gasteiger partial charge < -0.3 is 9.73 Å². The third-order valence-electron chi connectivity index (χ3n) is 2.47. The van der Waals surface area contributed by atoms with Gasteiger partial charge in [0.25, 0.3) is 0 Å². The van der Waals surface area contributed by atoms with E-state index in [2.05, 4.69) is 15.5 Å². The lowest BCUT2D eigenvalue weighted by atomic mass is 10.0. The monoisotopic (exact) mass is 289 g/mol. The second-order valence-corrected chi connectivity index (χ2v) is 6.61. The fourth-order valence-electron chi connectivity index (χ4n) is 1.48. The van der Waals surface area contributed by atoms with Crippen LogP contribution in [0.3, 0.4) is 0 Å². The van der Waals surface area contributed by atoms with E-state index in [0.29, 0.717) is 6.42 Å². The summed E-state index contributed by atoms with van der Waals surface area (Å²) >= 11 is 0. The van der Waals surface area contributed by atoms with Crippen molar-refractivity contribution in [1.29, 1.82) is 0 Å². The van der Waals surface area contributed by atoms with Crippen LogP contribution in [0.25, 0.3) is 0 Å². The summed E-state index contributed by atoms with van der Waals surface area (Å²) in [7, 11) is -3.53. The van der Waals surface area contributed by atoms with Crippen LogP contribution in [0, 0.1) is 5.92 Å². The van der Waals surface area contributed by atoms with Crippen LogP contribution in [-0.2, 0) is 14.6 Å². The van der Waals surface area contributed by atoms with E-state index >= 15 is 0 Å². The average molecular weight is 289 g/mol. The van der Waals surface area contributed by atoms with Crippen molar-refractivity contribution < 1.29 is 17.6 Å². The van der Waals surface area contributed by atoms with Crippen LogP contribution < -0.4 is 5.32 Å². The van der Waals surface area contributed by atoms with Gasteiger partial charge in [-0.25, -0.2) is 8.42 Å². The van der Waals surface area contributed by atoms with Crippen molar-refractivity contribution in [2.75, 3.05) is 6.26 Å². The Morgan fingerprint density at radius 3 is 2.42 bits per heavy atom. The molecule has 0 bridgehead atoms. The Morgan fingerprint density at radius 2 is 2.00 bits per heavy atom. The Labute approximate surface area is 112 Å². The molecule has 1 amide bonds. The van der Waals surface area contributed by atoms with E-state index in [1.54, 1.807) is 0 Å². The molecule has 1 rings (SSSR count). The molecule has 0 spiro atoms. The van der Waals surface area contributed by atoms with Crippen LogP contribution in [0.4, 0.5) is 0 Å². The maximum atomic E-state index is 11.6. The molecule has 0 aromatic carbocycles. The topological polar surface area (TPSA) is 102 Å². The molecule has 0 fully saturated rings. The minimum atomic E-state index is -3.53. The first-order valence-electron chi connectivity index (χ1n) is 6.08. The maximum absolute atomic E-state index is 11.6. The standard InChI is InChI=1S/C11H19N3O4S/c1-5-6-8(15)12-9(7(2)3)10-13-14-11(18-10)19(4,16)17/h7,9H,5-6H2,1-4H3,(H,12,15)/t9-/m0/s1. The number of amides is 1. The number of carbonyl (C=O) groups excluding carboxylic acids is 1. The zero-order chi connectivity index (χ0) is 14.6. The lowest BCUT2D eigenvalue weighted by molar-refractivity contribution is -0.122. The molecule has 8 heteroatoms. The fourth-order valence-corrected chi connectivity index (χ4v) is 1.91. The Bertz CT molecular complexity index is 536. The smallest absolute Gasteiger partial charge is 0.335 e. The van der Waals surface area contributed by atoms with E-state index in [1.807, 2.05) is 20.8 Å². The highest BCUT2D eigenvalue weighted by atomic mass is 32.2. The molecule has 0 unspecified atom stereocenters. The summed E-state index contributed by atoms with van der Waals surface area (Å²) in [6, 6.07) is -0.484. The first-order chi connectivity index (χ1) is 8.75. The highest BCUT2D eigenvalue weighted by Gasteiger charge is 2.26. The Kier molecular flexibility index (Phi) is 5.04. The molecular weight excluding hydrogens is 270 g/mol. The number of nitrogens with zero attached hydrogens (tertiary/aromatic N) is 2. The molecule has 0 radical (unpaired) electrons. The highest BCUT2D eigenvalue weighted by molar-refractivity contribution is 7.90. The molecule has 0 aliphatic carbocycles. The molecule has 1 atom stereocenters. The third kappa shape index (κ3) is 4.30. The van der Waals surface area contributed by atoms with Crippen molar-refractivity contribution in [3.63, 3.8) is 0 Å². The number of rotatable bonds is 6. The molecule has 0 saturated carbocycles. The van der Waals surface area contributed by atoms with Crippen LogP contribution in [0.2, 0.25) is 0 Å². The van der Waals surface area contributed by atoms with Gasteiger partial charge in [-0.3, -0.25) is 4.79 Å². The molecule has 0 aliphatic rings. The second-order valence-electron chi connectivity index (χ2n) is 4.72. The van der Waals surface area contributed by atoms with E-state index in [-0.39, 0.29) is 17.7 Å². The lowest BCUT2D eigenvalue weighted by Crippen LogP contribution is -2.31. The van der Waals surface area contributed by atoms with E-state index < -0.39 is 21.1 Å². The van der Waals surface area contributed by atoms with Crippen LogP contribution in [0.15, 0.2) is 9.64 Å². The Morgan fingerprint density at radius 1 is 1.37 bits per heavy atom. The van der Waals surface area contributed by atoms with Gasteiger partial charge >= 0.3 is 5.22 Å². The van der Waals surface area contributed by atoms with Gasteiger partial charge in [-0.2, -0.15) is 0 Å². The fraction of sp³-hybridized carbons (Fsp3) is 0.727. The normalized spacial score (nSPS) is 13.5. The van der Waals surface area contributed by atoms with Gasteiger partial charge in [0, 0.05) is 12.7 Å². The van der Waals surface area contributed by atoms with Gasteiger partial charge in [-0.15, -0.1) is 5.10 Å². The van der Waals surface area contributed by atoms with Crippen LogP contribution in [0.5, 0.6) is 0 Å². The van der Waals surface area contributed by atoms with Crippen molar-refractivity contribution in [1.82, 2.24) is 15.5 Å². The number of aromatic nitrogens is 2. The second kappa shape index (κ2) is 6.14. The SMILES string of the molecule is CCCC(=O)N[C@H](c1nnc(S(C)(=O)=O)o1)C(C)C. The minimum Gasteiger partial charge on any atom is -0.410 e. The number of nitrogens with one attached hydrogen (secondary N) is 1. The number of carbonyl (C=O) groups is 1. The predicted octanol–water partition coefficient (Wildman–Crippen LogP) is 1.09. The molecule has 1 heterocycles. The van der Waals surface area contributed by atoms with Gasteiger partial charge in [-0.05, 0) is 12.3 Å². The summed E-state index contributed by atoms with van der Waals surface area (Å²) < 4.78 is 27.7. The van der Waals surface area contributed by atoms with E-state index in [4.69, 9.17) is 4.42 Å². The van der Waals surface area contributed by atoms with Gasteiger partial charge in [0.15, 0.2) is 0 Å². The summed E-state index contributed by atoms with van der Waals surface area (Å²) in [5, 5.41) is 9.53. The summed E-state index contributed by atoms with van der Waals surface area (Å²) in [5.41, 5.74) is 0. The average Bonchev–Trinajstić information content (AvgIpc) is 2.74. The molecule has 1 N–H and O–H groups in total. The minimum absolute atomic E-state index is 0.00802. The largest absolute Gasteiger partial charge is 0.410 e. The van der Waals surface area contributed by atoms with Crippen molar-refractivity contribution >= 4 is 15.7 Å². The van der Waals surface area contributed by atoms with Crippen molar-refractivity contribution in [2.24, 2.45) is 5.92 Å². The Hall–Kier alpha value is -1.44. The first-order valence-corrected chi connectivity index (χ1v) is 7.97. The molecule has 7 nitrogen and oxygen atoms in total. The van der Waals surface area contributed by atoms with Gasteiger partial charge in [0.2, 0.25) is 21.6 Å².